The van der Waals surface area contributed by atoms with E-state index in [9.17, 15) is 19.5 Å². The second kappa shape index (κ2) is 4.69. The first-order valence-electron chi connectivity index (χ1n) is 7.09. The molecule has 3 atom stereocenters. The highest BCUT2D eigenvalue weighted by molar-refractivity contribution is 6.10. The first-order valence-corrected chi connectivity index (χ1v) is 7.09. The zero-order valence-electron chi connectivity index (χ0n) is 11.8. The van der Waals surface area contributed by atoms with Crippen LogP contribution < -0.4 is 0 Å². The van der Waals surface area contributed by atoms with Gasteiger partial charge in [0.15, 0.2) is 0 Å². The van der Waals surface area contributed by atoms with Crippen LogP contribution in [0, 0.1) is 11.3 Å². The van der Waals surface area contributed by atoms with E-state index in [0.717, 1.165) is 5.56 Å². The number of nitrogens with zero attached hydrogens (tertiary/aromatic N) is 1. The van der Waals surface area contributed by atoms with Crippen molar-refractivity contribution in [3.05, 3.63) is 35.9 Å². The van der Waals surface area contributed by atoms with E-state index in [-0.39, 0.29) is 37.1 Å². The van der Waals surface area contributed by atoms with E-state index in [1.807, 2.05) is 37.3 Å². The first-order chi connectivity index (χ1) is 9.97. The molecular weight excluding hydrogens is 270 g/mol. The third-order valence-electron chi connectivity index (χ3n) is 4.85. The Morgan fingerprint density at radius 3 is 2.57 bits per heavy atom. The van der Waals surface area contributed by atoms with E-state index < -0.39 is 17.3 Å². The Morgan fingerprint density at radius 2 is 2.00 bits per heavy atom. The lowest BCUT2D eigenvalue weighted by molar-refractivity contribution is -0.152. The van der Waals surface area contributed by atoms with Crippen molar-refractivity contribution in [2.24, 2.45) is 11.3 Å². The summed E-state index contributed by atoms with van der Waals surface area (Å²) in [6.45, 7) is 1.99. The fourth-order valence-corrected chi connectivity index (χ4v) is 3.57. The number of hydrogen-bond donors (Lipinski definition) is 1. The van der Waals surface area contributed by atoms with Crippen LogP contribution in [0.25, 0.3) is 0 Å². The summed E-state index contributed by atoms with van der Waals surface area (Å²) in [6, 6.07) is 9.23. The fourth-order valence-electron chi connectivity index (χ4n) is 3.57. The molecular formula is C16H17NO4. The van der Waals surface area contributed by atoms with Crippen LogP contribution in [-0.4, -0.2) is 34.2 Å². The Labute approximate surface area is 122 Å². The molecule has 0 aromatic heterocycles. The molecule has 0 radical (unpaired) electrons. The van der Waals surface area contributed by atoms with Gasteiger partial charge in [0.2, 0.25) is 5.91 Å². The molecule has 2 aliphatic rings. The van der Waals surface area contributed by atoms with Gasteiger partial charge in [0.05, 0.1) is 6.04 Å². The van der Waals surface area contributed by atoms with Crippen LogP contribution in [0.15, 0.2) is 30.3 Å². The number of fused-ring (bicyclic) bond motifs is 1. The molecule has 1 aromatic rings. The lowest BCUT2D eigenvalue weighted by Crippen LogP contribution is -2.37. The van der Waals surface area contributed by atoms with Crippen molar-refractivity contribution < 1.29 is 19.5 Å². The highest BCUT2D eigenvalue weighted by Crippen LogP contribution is 2.49. The molecule has 110 valence electrons. The second-order valence-corrected chi connectivity index (χ2v) is 5.91. The topological polar surface area (TPSA) is 74.7 Å². The van der Waals surface area contributed by atoms with Gasteiger partial charge in [-0.05, 0) is 18.9 Å². The van der Waals surface area contributed by atoms with Gasteiger partial charge >= 0.3 is 5.97 Å². The molecule has 1 saturated heterocycles. The summed E-state index contributed by atoms with van der Waals surface area (Å²) in [7, 11) is 0. The highest BCUT2D eigenvalue weighted by atomic mass is 16.4. The maximum absolute atomic E-state index is 12.6. The number of likely N-dealkylation sites (tertiary alicyclic amines) is 1. The van der Waals surface area contributed by atoms with Crippen molar-refractivity contribution >= 4 is 17.7 Å². The number of carboxylic acids is 1. The van der Waals surface area contributed by atoms with Crippen molar-refractivity contribution in [3.63, 3.8) is 0 Å². The van der Waals surface area contributed by atoms with Crippen molar-refractivity contribution in [2.75, 3.05) is 6.54 Å². The standard InChI is InChI=1S/C16H17NO4/c1-10(11-5-3-2-4-6-11)17-9-16(15(20)21)8-7-12(18)13(16)14(17)19/h2-6,10,13H,7-9H2,1H3,(H,20,21)/t10-,13-,16-/m1/s1. The maximum atomic E-state index is 12.6. The van der Waals surface area contributed by atoms with Gasteiger partial charge in [0, 0.05) is 13.0 Å². The second-order valence-electron chi connectivity index (χ2n) is 5.91. The molecule has 1 aliphatic heterocycles. The zero-order chi connectivity index (χ0) is 15.2. The van der Waals surface area contributed by atoms with Crippen LogP contribution >= 0.6 is 0 Å². The third kappa shape index (κ3) is 1.87. The molecule has 1 N–H and O–H groups in total. The minimum Gasteiger partial charge on any atom is -0.481 e. The molecule has 1 amide bonds. The summed E-state index contributed by atoms with van der Waals surface area (Å²) in [6.07, 6.45) is 0.450. The molecule has 21 heavy (non-hydrogen) atoms. The van der Waals surface area contributed by atoms with E-state index in [1.165, 1.54) is 0 Å². The Balaban J connectivity index is 1.95. The molecule has 0 unspecified atom stereocenters. The minimum atomic E-state index is -1.22. The fraction of sp³-hybridized carbons (Fsp3) is 0.438. The van der Waals surface area contributed by atoms with Gasteiger partial charge in [0.25, 0.3) is 0 Å². The predicted molar refractivity (Wildman–Crippen MR) is 74.4 cm³/mol. The minimum absolute atomic E-state index is 0.119. The Bertz CT molecular complexity index is 612. The van der Waals surface area contributed by atoms with E-state index >= 15 is 0 Å². The maximum Gasteiger partial charge on any atom is 0.312 e. The van der Waals surface area contributed by atoms with E-state index in [2.05, 4.69) is 0 Å². The van der Waals surface area contributed by atoms with Gasteiger partial charge in [-0.15, -0.1) is 0 Å². The summed E-state index contributed by atoms with van der Waals surface area (Å²) < 4.78 is 0. The number of hydrogen-bond acceptors (Lipinski definition) is 3. The molecule has 5 nitrogen and oxygen atoms in total. The number of amides is 1. The van der Waals surface area contributed by atoms with Gasteiger partial charge in [-0.2, -0.15) is 0 Å². The van der Waals surface area contributed by atoms with E-state index in [4.69, 9.17) is 0 Å². The van der Waals surface area contributed by atoms with Crippen LogP contribution in [-0.2, 0) is 14.4 Å². The van der Waals surface area contributed by atoms with Crippen molar-refractivity contribution in [2.45, 2.75) is 25.8 Å². The van der Waals surface area contributed by atoms with Crippen LogP contribution in [0.4, 0.5) is 0 Å². The van der Waals surface area contributed by atoms with Crippen LogP contribution in [0.3, 0.4) is 0 Å². The summed E-state index contributed by atoms with van der Waals surface area (Å²) >= 11 is 0. The quantitative estimate of drug-likeness (QED) is 0.858. The summed E-state index contributed by atoms with van der Waals surface area (Å²) in [5.41, 5.74) is -0.282. The lowest BCUT2D eigenvalue weighted by Gasteiger charge is -2.27. The average molecular weight is 287 g/mol. The number of ketones is 1. The van der Waals surface area contributed by atoms with Gasteiger partial charge < -0.3 is 10.0 Å². The predicted octanol–water partition coefficient (Wildman–Crippen LogP) is 1.64. The molecule has 3 rings (SSSR count). The molecule has 1 aromatic carbocycles. The van der Waals surface area contributed by atoms with Crippen molar-refractivity contribution in [1.82, 2.24) is 4.90 Å². The van der Waals surface area contributed by atoms with E-state index in [1.54, 1.807) is 4.90 Å². The number of Topliss-reactive ketones (excluding diaryl/α,β-unsaturated/α-hetero) is 1. The van der Waals surface area contributed by atoms with Crippen molar-refractivity contribution in [3.8, 4) is 0 Å². The Hall–Kier alpha value is -2.17. The van der Waals surface area contributed by atoms with Gasteiger partial charge in [-0.1, -0.05) is 30.3 Å². The van der Waals surface area contributed by atoms with Crippen LogP contribution in [0.5, 0.6) is 0 Å². The largest absolute Gasteiger partial charge is 0.481 e. The summed E-state index contributed by atoms with van der Waals surface area (Å²) in [5.74, 6) is -2.60. The number of aliphatic carboxylic acids is 1. The number of carbonyl (C=O) groups is 3. The molecule has 2 fully saturated rings. The van der Waals surface area contributed by atoms with Gasteiger partial charge in [0.1, 0.15) is 17.1 Å². The lowest BCUT2D eigenvalue weighted by atomic mass is 9.80. The average Bonchev–Trinajstić information content (AvgIpc) is 2.97. The van der Waals surface area contributed by atoms with Crippen molar-refractivity contribution in [1.29, 1.82) is 0 Å². The SMILES string of the molecule is C[C@H](c1ccccc1)N1C[C@]2(C(=O)O)CCC(=O)[C@@H]2C1=O. The van der Waals surface area contributed by atoms with E-state index in [0.29, 0.717) is 0 Å². The number of benzene rings is 1. The molecule has 1 heterocycles. The number of rotatable bonds is 3. The normalized spacial score (nSPS) is 29.6. The van der Waals surface area contributed by atoms with Crippen LogP contribution in [0.2, 0.25) is 0 Å². The third-order valence-corrected chi connectivity index (χ3v) is 4.85. The first kappa shape index (κ1) is 13.8. The molecule has 5 heteroatoms. The Kier molecular flexibility index (Phi) is 3.08. The van der Waals surface area contributed by atoms with Gasteiger partial charge in [-0.3, -0.25) is 14.4 Å². The summed E-state index contributed by atoms with van der Waals surface area (Å²) in [5, 5.41) is 9.55. The summed E-state index contributed by atoms with van der Waals surface area (Å²) in [4.78, 5) is 37.7. The zero-order valence-corrected chi connectivity index (χ0v) is 11.8. The van der Waals surface area contributed by atoms with Gasteiger partial charge in [-0.25, -0.2) is 0 Å². The molecule has 1 aliphatic carbocycles. The van der Waals surface area contributed by atoms with Crippen LogP contribution in [0.1, 0.15) is 31.4 Å². The molecule has 0 bridgehead atoms. The monoisotopic (exact) mass is 287 g/mol. The number of carboxylic acid groups (broad SMARTS) is 1. The molecule has 0 spiro atoms. The number of carbonyl (C=O) groups excluding carboxylic acids is 2. The Morgan fingerprint density at radius 1 is 1.33 bits per heavy atom. The highest BCUT2D eigenvalue weighted by Gasteiger charge is 2.64. The smallest absolute Gasteiger partial charge is 0.312 e. The molecule has 1 saturated carbocycles.